The van der Waals surface area contributed by atoms with Gasteiger partial charge in [-0.05, 0) is 6.42 Å². The van der Waals surface area contributed by atoms with Gasteiger partial charge in [0.15, 0.2) is 0 Å². The molecule has 1 fully saturated rings. The summed E-state index contributed by atoms with van der Waals surface area (Å²) < 4.78 is 4.72. The second-order valence-electron chi connectivity index (χ2n) is 5.44. The number of aliphatic hydroxyl groups is 1. The van der Waals surface area contributed by atoms with Gasteiger partial charge >= 0.3 is 5.97 Å². The van der Waals surface area contributed by atoms with Crippen molar-refractivity contribution in [1.82, 2.24) is 0 Å². The monoisotopic (exact) mass is 256 g/mol. The van der Waals surface area contributed by atoms with Crippen LogP contribution in [0.15, 0.2) is 0 Å². The Kier molecular flexibility index (Phi) is 8.06. The van der Waals surface area contributed by atoms with Crippen molar-refractivity contribution in [1.29, 1.82) is 0 Å². The SMILES string of the molecule is CCCCCCCCCCCC1CC(O)OC1=O. The van der Waals surface area contributed by atoms with Gasteiger partial charge in [0, 0.05) is 6.42 Å². The Morgan fingerprint density at radius 3 is 2.11 bits per heavy atom. The summed E-state index contributed by atoms with van der Waals surface area (Å²) in [7, 11) is 0. The molecule has 0 spiro atoms. The van der Waals surface area contributed by atoms with Crippen molar-refractivity contribution in [2.75, 3.05) is 0 Å². The summed E-state index contributed by atoms with van der Waals surface area (Å²) in [6, 6.07) is 0. The van der Waals surface area contributed by atoms with Gasteiger partial charge in [-0.15, -0.1) is 0 Å². The first-order valence-electron chi connectivity index (χ1n) is 7.62. The van der Waals surface area contributed by atoms with E-state index < -0.39 is 6.29 Å². The first kappa shape index (κ1) is 15.5. The van der Waals surface area contributed by atoms with Crippen LogP contribution in [0, 0.1) is 5.92 Å². The molecule has 3 nitrogen and oxygen atoms in total. The number of carbonyl (C=O) groups is 1. The van der Waals surface area contributed by atoms with E-state index in [0.717, 1.165) is 12.8 Å². The molecular formula is C15H28O3. The Morgan fingerprint density at radius 2 is 1.61 bits per heavy atom. The maximum Gasteiger partial charge on any atom is 0.311 e. The zero-order valence-electron chi connectivity index (χ0n) is 11.7. The second-order valence-corrected chi connectivity index (χ2v) is 5.44. The van der Waals surface area contributed by atoms with Crippen LogP contribution >= 0.6 is 0 Å². The van der Waals surface area contributed by atoms with Crippen LogP contribution in [0.25, 0.3) is 0 Å². The van der Waals surface area contributed by atoms with Crippen molar-refractivity contribution in [2.24, 2.45) is 5.92 Å². The van der Waals surface area contributed by atoms with Gasteiger partial charge in [0.1, 0.15) is 0 Å². The highest BCUT2D eigenvalue weighted by Crippen LogP contribution is 2.25. The van der Waals surface area contributed by atoms with E-state index in [4.69, 9.17) is 4.74 Å². The van der Waals surface area contributed by atoms with E-state index in [0.29, 0.717) is 6.42 Å². The Bertz CT molecular complexity index is 228. The third-order valence-electron chi connectivity index (χ3n) is 3.73. The van der Waals surface area contributed by atoms with E-state index in [9.17, 15) is 9.90 Å². The number of aliphatic hydroxyl groups excluding tert-OH is 1. The molecule has 1 aliphatic rings. The second kappa shape index (κ2) is 9.37. The van der Waals surface area contributed by atoms with Gasteiger partial charge in [0.05, 0.1) is 5.92 Å². The van der Waals surface area contributed by atoms with Crippen LogP contribution in [0.3, 0.4) is 0 Å². The highest BCUT2D eigenvalue weighted by molar-refractivity contribution is 5.74. The molecule has 1 saturated heterocycles. The molecule has 3 heteroatoms. The van der Waals surface area contributed by atoms with Gasteiger partial charge < -0.3 is 9.84 Å². The topological polar surface area (TPSA) is 46.5 Å². The molecule has 18 heavy (non-hydrogen) atoms. The fraction of sp³-hybridized carbons (Fsp3) is 0.933. The molecule has 0 aromatic carbocycles. The number of ether oxygens (including phenoxy) is 1. The largest absolute Gasteiger partial charge is 0.436 e. The number of esters is 1. The van der Waals surface area contributed by atoms with E-state index in [2.05, 4.69) is 6.92 Å². The van der Waals surface area contributed by atoms with Gasteiger partial charge in [0.2, 0.25) is 6.29 Å². The zero-order chi connectivity index (χ0) is 13.2. The number of rotatable bonds is 10. The standard InChI is InChI=1S/C15H28O3/c1-2-3-4-5-6-7-8-9-10-11-13-12-14(16)18-15(13)17/h13-14,16H,2-12H2,1H3. The predicted molar refractivity (Wildman–Crippen MR) is 72.0 cm³/mol. The van der Waals surface area contributed by atoms with Crippen LogP contribution in [0.1, 0.15) is 77.6 Å². The van der Waals surface area contributed by atoms with Gasteiger partial charge in [-0.2, -0.15) is 0 Å². The van der Waals surface area contributed by atoms with Crippen molar-refractivity contribution < 1.29 is 14.6 Å². The predicted octanol–water partition coefficient (Wildman–Crippen LogP) is 3.79. The summed E-state index contributed by atoms with van der Waals surface area (Å²) in [4.78, 5) is 11.3. The smallest absolute Gasteiger partial charge is 0.311 e. The summed E-state index contributed by atoms with van der Waals surface area (Å²) in [6.07, 6.45) is 12.2. The highest BCUT2D eigenvalue weighted by Gasteiger charge is 2.32. The maximum atomic E-state index is 11.3. The minimum atomic E-state index is -0.846. The quantitative estimate of drug-likeness (QED) is 0.478. The summed E-state index contributed by atoms with van der Waals surface area (Å²) in [5, 5.41) is 9.17. The van der Waals surface area contributed by atoms with Gasteiger partial charge in [0.25, 0.3) is 0 Å². The average Bonchev–Trinajstić information content (AvgIpc) is 2.66. The molecule has 1 heterocycles. The minimum Gasteiger partial charge on any atom is -0.436 e. The van der Waals surface area contributed by atoms with Crippen LogP contribution in [0.4, 0.5) is 0 Å². The van der Waals surface area contributed by atoms with Crippen LogP contribution in [0.2, 0.25) is 0 Å². The lowest BCUT2D eigenvalue weighted by Gasteiger charge is -2.05. The minimum absolute atomic E-state index is 0.0513. The van der Waals surface area contributed by atoms with Crippen LogP contribution < -0.4 is 0 Å². The molecule has 0 amide bonds. The fourth-order valence-corrected chi connectivity index (χ4v) is 2.56. The highest BCUT2D eigenvalue weighted by atomic mass is 16.6. The van der Waals surface area contributed by atoms with Crippen LogP contribution in [-0.4, -0.2) is 17.4 Å². The summed E-state index contributed by atoms with van der Waals surface area (Å²) in [5.74, 6) is -0.258. The molecule has 1 rings (SSSR count). The maximum absolute atomic E-state index is 11.3. The Morgan fingerprint density at radius 1 is 1.06 bits per heavy atom. The first-order valence-corrected chi connectivity index (χ1v) is 7.62. The third-order valence-corrected chi connectivity index (χ3v) is 3.73. The summed E-state index contributed by atoms with van der Waals surface area (Å²) >= 11 is 0. The number of unbranched alkanes of at least 4 members (excludes halogenated alkanes) is 8. The van der Waals surface area contributed by atoms with Crippen molar-refractivity contribution in [3.63, 3.8) is 0 Å². The Balaban J connectivity index is 1.85. The third kappa shape index (κ3) is 6.39. The van der Waals surface area contributed by atoms with Crippen molar-refractivity contribution >= 4 is 5.97 Å². The molecular weight excluding hydrogens is 228 g/mol. The number of carbonyl (C=O) groups excluding carboxylic acids is 1. The van der Waals surface area contributed by atoms with Gasteiger partial charge in [-0.3, -0.25) is 4.79 Å². The number of cyclic esters (lactones) is 1. The number of hydrogen-bond acceptors (Lipinski definition) is 3. The van der Waals surface area contributed by atoms with E-state index in [1.165, 1.54) is 51.4 Å². The zero-order valence-corrected chi connectivity index (χ0v) is 11.7. The van der Waals surface area contributed by atoms with Crippen LogP contribution in [-0.2, 0) is 9.53 Å². The summed E-state index contributed by atoms with van der Waals surface area (Å²) in [5.41, 5.74) is 0. The molecule has 0 saturated carbocycles. The normalized spacial score (nSPS) is 23.3. The van der Waals surface area contributed by atoms with E-state index in [1.54, 1.807) is 0 Å². The Hall–Kier alpha value is -0.570. The molecule has 0 aliphatic carbocycles. The van der Waals surface area contributed by atoms with Crippen molar-refractivity contribution in [3.05, 3.63) is 0 Å². The Labute approximate surface area is 111 Å². The van der Waals surface area contributed by atoms with Gasteiger partial charge in [-0.1, -0.05) is 64.7 Å². The molecule has 2 unspecified atom stereocenters. The fourth-order valence-electron chi connectivity index (χ4n) is 2.56. The van der Waals surface area contributed by atoms with Crippen molar-refractivity contribution in [2.45, 2.75) is 83.8 Å². The molecule has 0 radical (unpaired) electrons. The first-order chi connectivity index (χ1) is 8.74. The van der Waals surface area contributed by atoms with Crippen LogP contribution in [0.5, 0.6) is 0 Å². The van der Waals surface area contributed by atoms with E-state index in [-0.39, 0.29) is 11.9 Å². The van der Waals surface area contributed by atoms with E-state index in [1.807, 2.05) is 0 Å². The molecule has 2 atom stereocenters. The lowest BCUT2D eigenvalue weighted by molar-refractivity contribution is -0.155. The summed E-state index contributed by atoms with van der Waals surface area (Å²) in [6.45, 7) is 2.24. The molecule has 1 N–H and O–H groups in total. The van der Waals surface area contributed by atoms with Crippen molar-refractivity contribution in [3.8, 4) is 0 Å². The number of hydrogen-bond donors (Lipinski definition) is 1. The lowest BCUT2D eigenvalue weighted by atomic mass is 9.98. The molecule has 0 aromatic heterocycles. The molecule has 0 bridgehead atoms. The van der Waals surface area contributed by atoms with E-state index >= 15 is 0 Å². The lowest BCUT2D eigenvalue weighted by Crippen LogP contribution is -2.07. The van der Waals surface area contributed by atoms with Gasteiger partial charge in [-0.25, -0.2) is 0 Å². The molecule has 1 aliphatic heterocycles. The molecule has 0 aromatic rings. The average molecular weight is 256 g/mol. The molecule has 106 valence electrons.